The molecule has 0 saturated carbocycles. The molecule has 2 rings (SSSR count). The predicted molar refractivity (Wildman–Crippen MR) is 87.8 cm³/mol. The van der Waals surface area contributed by atoms with E-state index in [2.05, 4.69) is 5.32 Å². The van der Waals surface area contributed by atoms with E-state index in [4.69, 9.17) is 0 Å². The fraction of sp³-hybridized carbons (Fsp3) is 0.188. The molecule has 0 unspecified atom stereocenters. The van der Waals surface area contributed by atoms with Gasteiger partial charge in [0.25, 0.3) is 11.6 Å². The maximum absolute atomic E-state index is 12.3. The number of carbonyl (C=O) groups excluding carboxylic acids is 1. The molecule has 1 amide bonds. The molecule has 0 aliphatic heterocycles. The van der Waals surface area contributed by atoms with E-state index in [0.29, 0.717) is 10.5 Å². The third-order valence-electron chi connectivity index (χ3n) is 3.38. The van der Waals surface area contributed by atoms with Crippen molar-refractivity contribution in [2.24, 2.45) is 0 Å². The van der Waals surface area contributed by atoms with Crippen molar-refractivity contribution in [1.29, 1.82) is 0 Å². The Balaban J connectivity index is 2.14. The van der Waals surface area contributed by atoms with Gasteiger partial charge in [0.05, 0.1) is 4.92 Å². The lowest BCUT2D eigenvalue weighted by molar-refractivity contribution is -0.385. The number of carbonyl (C=O) groups is 1. The van der Waals surface area contributed by atoms with Crippen LogP contribution in [0.4, 0.5) is 5.69 Å². The lowest BCUT2D eigenvalue weighted by atomic mass is 10.1. The Bertz CT molecular complexity index is 772. The number of hydrogen-bond acceptors (Lipinski definition) is 4. The molecule has 2 aromatic rings. The first-order valence-electron chi connectivity index (χ1n) is 6.84. The Morgan fingerprint density at radius 1 is 1.22 bits per heavy atom. The van der Waals surface area contributed by atoms with Crippen molar-refractivity contribution >= 4 is 22.4 Å². The van der Waals surface area contributed by atoms with Gasteiger partial charge in [0.15, 0.2) is 0 Å². The molecule has 120 valence electrons. The Kier molecular flexibility index (Phi) is 5.23. The van der Waals surface area contributed by atoms with Crippen LogP contribution in [-0.2, 0) is 17.3 Å². The van der Waals surface area contributed by atoms with Crippen LogP contribution in [0.1, 0.15) is 21.5 Å². The summed E-state index contributed by atoms with van der Waals surface area (Å²) in [4.78, 5) is 23.5. The van der Waals surface area contributed by atoms with Crippen molar-refractivity contribution in [3.8, 4) is 0 Å². The molecule has 23 heavy (non-hydrogen) atoms. The fourth-order valence-corrected chi connectivity index (χ4v) is 2.69. The standard InChI is InChI=1S/C16H16N2O4S/c1-11-4-3-5-14(18(20)21)15(11)16(19)17-10-12-6-8-13(9-7-12)23(2)22/h3-9H,10H2,1-2H3,(H,17,19)/t23-/m1/s1. The van der Waals surface area contributed by atoms with E-state index in [9.17, 15) is 19.1 Å². The third-order valence-corrected chi connectivity index (χ3v) is 4.32. The maximum Gasteiger partial charge on any atom is 0.282 e. The minimum Gasteiger partial charge on any atom is -0.348 e. The first-order valence-corrected chi connectivity index (χ1v) is 8.40. The Morgan fingerprint density at radius 2 is 1.87 bits per heavy atom. The van der Waals surface area contributed by atoms with Crippen molar-refractivity contribution in [1.82, 2.24) is 5.32 Å². The smallest absolute Gasteiger partial charge is 0.282 e. The molecule has 0 saturated heterocycles. The first kappa shape index (κ1) is 16.8. The highest BCUT2D eigenvalue weighted by atomic mass is 32.2. The minimum absolute atomic E-state index is 0.0729. The number of nitro groups is 1. The van der Waals surface area contributed by atoms with Crippen molar-refractivity contribution in [3.63, 3.8) is 0 Å². The Labute approximate surface area is 136 Å². The summed E-state index contributed by atoms with van der Waals surface area (Å²) in [6.07, 6.45) is 1.59. The molecule has 0 aliphatic carbocycles. The van der Waals surface area contributed by atoms with Gasteiger partial charge in [-0.05, 0) is 30.2 Å². The average Bonchev–Trinajstić information content (AvgIpc) is 2.52. The maximum atomic E-state index is 12.3. The molecule has 7 heteroatoms. The Morgan fingerprint density at radius 3 is 2.43 bits per heavy atom. The zero-order chi connectivity index (χ0) is 17.0. The van der Waals surface area contributed by atoms with Crippen LogP contribution in [0.3, 0.4) is 0 Å². The van der Waals surface area contributed by atoms with Crippen LogP contribution in [0.5, 0.6) is 0 Å². The first-order chi connectivity index (χ1) is 10.9. The normalized spacial score (nSPS) is 11.7. The van der Waals surface area contributed by atoms with Crippen LogP contribution in [-0.4, -0.2) is 21.3 Å². The van der Waals surface area contributed by atoms with E-state index in [-0.39, 0.29) is 17.8 Å². The number of rotatable bonds is 5. The van der Waals surface area contributed by atoms with Crippen LogP contribution in [0.15, 0.2) is 47.4 Å². The van der Waals surface area contributed by atoms with E-state index in [0.717, 1.165) is 5.56 Å². The van der Waals surface area contributed by atoms with Crippen LogP contribution in [0.2, 0.25) is 0 Å². The van der Waals surface area contributed by atoms with Gasteiger partial charge in [-0.25, -0.2) is 0 Å². The topological polar surface area (TPSA) is 89.3 Å². The summed E-state index contributed by atoms with van der Waals surface area (Å²) in [5, 5.41) is 13.7. The average molecular weight is 332 g/mol. The predicted octanol–water partition coefficient (Wildman–Crippen LogP) is 2.57. The molecule has 1 N–H and O–H groups in total. The molecule has 0 aliphatic rings. The number of amides is 1. The summed E-state index contributed by atoms with van der Waals surface area (Å²) < 4.78 is 11.3. The van der Waals surface area contributed by atoms with Crippen molar-refractivity contribution < 1.29 is 13.9 Å². The second-order valence-electron chi connectivity index (χ2n) is 5.01. The molecule has 0 fully saturated rings. The van der Waals surface area contributed by atoms with Crippen LogP contribution in [0, 0.1) is 17.0 Å². The molecule has 0 spiro atoms. The van der Waals surface area contributed by atoms with Gasteiger partial charge in [0, 0.05) is 34.6 Å². The van der Waals surface area contributed by atoms with Gasteiger partial charge in [-0.15, -0.1) is 0 Å². The summed E-state index contributed by atoms with van der Waals surface area (Å²) in [7, 11) is -1.05. The molecule has 6 nitrogen and oxygen atoms in total. The molecule has 0 heterocycles. The SMILES string of the molecule is Cc1cccc([N+](=O)[O-])c1C(=O)NCc1ccc([S@@](C)=O)cc1. The third kappa shape index (κ3) is 4.01. The fourth-order valence-electron chi connectivity index (χ4n) is 2.17. The van der Waals surface area contributed by atoms with Crippen LogP contribution in [0.25, 0.3) is 0 Å². The van der Waals surface area contributed by atoms with Gasteiger partial charge < -0.3 is 5.32 Å². The number of nitrogens with zero attached hydrogens (tertiary/aromatic N) is 1. The van der Waals surface area contributed by atoms with Gasteiger partial charge >= 0.3 is 0 Å². The molecule has 0 aromatic heterocycles. The zero-order valence-corrected chi connectivity index (χ0v) is 13.6. The summed E-state index contributed by atoms with van der Waals surface area (Å²) in [6, 6.07) is 11.5. The van der Waals surface area contributed by atoms with Crippen molar-refractivity contribution in [2.75, 3.05) is 6.26 Å². The van der Waals surface area contributed by atoms with E-state index in [1.165, 1.54) is 6.07 Å². The van der Waals surface area contributed by atoms with Crippen molar-refractivity contribution in [3.05, 3.63) is 69.3 Å². The number of nitrogens with one attached hydrogen (secondary N) is 1. The highest BCUT2D eigenvalue weighted by Gasteiger charge is 2.21. The molecule has 0 bridgehead atoms. The summed E-state index contributed by atoms with van der Waals surface area (Å²) in [5.74, 6) is -0.488. The zero-order valence-electron chi connectivity index (χ0n) is 12.7. The van der Waals surface area contributed by atoms with E-state index in [1.807, 2.05) is 0 Å². The number of aryl methyl sites for hydroxylation is 1. The van der Waals surface area contributed by atoms with E-state index < -0.39 is 21.6 Å². The van der Waals surface area contributed by atoms with Gasteiger partial charge in [-0.2, -0.15) is 0 Å². The van der Waals surface area contributed by atoms with Crippen molar-refractivity contribution in [2.45, 2.75) is 18.4 Å². The highest BCUT2D eigenvalue weighted by molar-refractivity contribution is 7.84. The molecular formula is C16H16N2O4S. The molecule has 2 aromatic carbocycles. The second-order valence-corrected chi connectivity index (χ2v) is 6.39. The highest BCUT2D eigenvalue weighted by Crippen LogP contribution is 2.21. The lowest BCUT2D eigenvalue weighted by Crippen LogP contribution is -2.24. The van der Waals surface area contributed by atoms with Crippen LogP contribution < -0.4 is 5.32 Å². The molecule has 0 radical (unpaired) electrons. The molecular weight excluding hydrogens is 316 g/mol. The summed E-state index contributed by atoms with van der Waals surface area (Å²) in [6.45, 7) is 1.90. The van der Waals surface area contributed by atoms with Gasteiger partial charge in [0.1, 0.15) is 5.56 Å². The minimum atomic E-state index is -1.05. The number of nitro benzene ring substituents is 1. The van der Waals surface area contributed by atoms with Gasteiger partial charge in [-0.3, -0.25) is 19.1 Å². The Hall–Kier alpha value is -2.54. The van der Waals surface area contributed by atoms with E-state index >= 15 is 0 Å². The largest absolute Gasteiger partial charge is 0.348 e. The number of hydrogen-bond donors (Lipinski definition) is 1. The summed E-state index contributed by atoms with van der Waals surface area (Å²) >= 11 is 0. The summed E-state index contributed by atoms with van der Waals surface area (Å²) in [5.41, 5.74) is 1.24. The second kappa shape index (κ2) is 7.15. The monoisotopic (exact) mass is 332 g/mol. The molecule has 1 atom stereocenters. The quantitative estimate of drug-likeness (QED) is 0.673. The van der Waals surface area contributed by atoms with Crippen LogP contribution >= 0.6 is 0 Å². The lowest BCUT2D eigenvalue weighted by Gasteiger charge is -2.08. The van der Waals surface area contributed by atoms with Gasteiger partial charge in [0.2, 0.25) is 0 Å². The van der Waals surface area contributed by atoms with Gasteiger partial charge in [-0.1, -0.05) is 24.3 Å². The number of benzene rings is 2. The van der Waals surface area contributed by atoms with E-state index in [1.54, 1.807) is 49.6 Å².